The van der Waals surface area contributed by atoms with Gasteiger partial charge in [0.15, 0.2) is 0 Å². The Morgan fingerprint density at radius 1 is 1.35 bits per heavy atom. The van der Waals surface area contributed by atoms with Crippen LogP contribution in [-0.2, 0) is 10.0 Å². The Morgan fingerprint density at radius 3 is 2.59 bits per heavy atom. The van der Waals surface area contributed by atoms with Crippen LogP contribution in [-0.4, -0.2) is 26.5 Å². The smallest absolute Gasteiger partial charge is 0.288 e. The first-order valence-corrected chi connectivity index (χ1v) is 7.26. The average Bonchev–Trinajstić information content (AvgIpc) is 2.18. The maximum absolute atomic E-state index is 12.2. The van der Waals surface area contributed by atoms with E-state index in [1.807, 2.05) is 0 Å². The van der Waals surface area contributed by atoms with Crippen molar-refractivity contribution in [1.29, 1.82) is 0 Å². The van der Waals surface area contributed by atoms with Crippen molar-refractivity contribution in [2.45, 2.75) is 10.7 Å². The molecule has 0 bridgehead atoms. The fraction of sp³-hybridized carbons (Fsp3) is 0.333. The average molecular weight is 282 g/mol. The van der Waals surface area contributed by atoms with Crippen LogP contribution in [0.5, 0.6) is 0 Å². The van der Waals surface area contributed by atoms with Gasteiger partial charge >= 0.3 is 0 Å². The summed E-state index contributed by atoms with van der Waals surface area (Å²) >= 11 is 0.406. The van der Waals surface area contributed by atoms with Crippen molar-refractivity contribution in [2.24, 2.45) is 5.14 Å². The van der Waals surface area contributed by atoms with Gasteiger partial charge in [0.05, 0.1) is 5.75 Å². The Balaban J connectivity index is 2.64. The molecule has 17 heavy (non-hydrogen) atoms. The summed E-state index contributed by atoms with van der Waals surface area (Å²) in [7, 11) is -3.55. The molecule has 4 nitrogen and oxygen atoms in total. The van der Waals surface area contributed by atoms with Gasteiger partial charge in [-0.05, 0) is 12.1 Å². The van der Waals surface area contributed by atoms with Gasteiger partial charge in [0.25, 0.3) is 5.76 Å². The SMILES string of the molecule is NS(=O)(=O)CCNc1ccccc1SC(F)F. The Labute approximate surface area is 103 Å². The largest absolute Gasteiger partial charge is 0.383 e. The summed E-state index contributed by atoms with van der Waals surface area (Å²) in [6.45, 7) is 0.0830. The van der Waals surface area contributed by atoms with Crippen LogP contribution in [0.25, 0.3) is 0 Å². The summed E-state index contributed by atoms with van der Waals surface area (Å²) in [6, 6.07) is 6.45. The summed E-state index contributed by atoms with van der Waals surface area (Å²) in [5, 5.41) is 7.59. The van der Waals surface area contributed by atoms with E-state index < -0.39 is 15.8 Å². The molecule has 0 fully saturated rings. The molecule has 0 unspecified atom stereocenters. The van der Waals surface area contributed by atoms with Gasteiger partial charge in [-0.2, -0.15) is 8.78 Å². The van der Waals surface area contributed by atoms with Gasteiger partial charge in [-0.1, -0.05) is 23.9 Å². The minimum Gasteiger partial charge on any atom is -0.383 e. The minimum atomic E-state index is -3.55. The van der Waals surface area contributed by atoms with Crippen molar-refractivity contribution in [3.8, 4) is 0 Å². The fourth-order valence-electron chi connectivity index (χ4n) is 1.14. The Bertz CT molecular complexity index is 466. The molecule has 1 aromatic rings. The lowest BCUT2D eigenvalue weighted by molar-refractivity contribution is 0.252. The summed E-state index contributed by atoms with van der Waals surface area (Å²) in [6.07, 6.45) is 0. The third-order valence-electron chi connectivity index (χ3n) is 1.81. The van der Waals surface area contributed by atoms with Crippen molar-refractivity contribution in [2.75, 3.05) is 17.6 Å². The van der Waals surface area contributed by atoms with Crippen LogP contribution in [0.1, 0.15) is 0 Å². The summed E-state index contributed by atoms with van der Waals surface area (Å²) in [5.74, 6) is -2.77. The van der Waals surface area contributed by atoms with E-state index in [9.17, 15) is 17.2 Å². The van der Waals surface area contributed by atoms with Crippen molar-refractivity contribution >= 4 is 27.5 Å². The molecule has 0 aromatic heterocycles. The van der Waals surface area contributed by atoms with Crippen LogP contribution in [0.2, 0.25) is 0 Å². The monoisotopic (exact) mass is 282 g/mol. The molecule has 1 rings (SSSR count). The van der Waals surface area contributed by atoms with E-state index in [-0.39, 0.29) is 12.3 Å². The number of nitrogens with two attached hydrogens (primary N) is 1. The first-order chi connectivity index (χ1) is 7.88. The number of benzene rings is 1. The normalized spacial score (nSPS) is 11.8. The van der Waals surface area contributed by atoms with E-state index >= 15 is 0 Å². The number of hydrogen-bond donors (Lipinski definition) is 2. The molecule has 1 aromatic carbocycles. The van der Waals surface area contributed by atoms with Gasteiger partial charge in [0.2, 0.25) is 10.0 Å². The Morgan fingerprint density at radius 2 is 2.00 bits per heavy atom. The number of halogens is 2. The molecule has 0 aliphatic carbocycles. The van der Waals surface area contributed by atoms with E-state index in [4.69, 9.17) is 5.14 Å². The Hall–Kier alpha value is -0.860. The lowest BCUT2D eigenvalue weighted by Gasteiger charge is -2.10. The van der Waals surface area contributed by atoms with Gasteiger partial charge in [-0.25, -0.2) is 13.6 Å². The summed E-state index contributed by atoms with van der Waals surface area (Å²) < 4.78 is 45.9. The van der Waals surface area contributed by atoms with Crippen molar-refractivity contribution < 1.29 is 17.2 Å². The number of anilines is 1. The van der Waals surface area contributed by atoms with E-state index in [0.717, 1.165) is 0 Å². The molecule has 0 aliphatic rings. The number of primary sulfonamides is 1. The van der Waals surface area contributed by atoms with Crippen LogP contribution >= 0.6 is 11.8 Å². The molecule has 0 amide bonds. The zero-order valence-corrected chi connectivity index (χ0v) is 10.4. The molecule has 0 heterocycles. The highest BCUT2D eigenvalue weighted by molar-refractivity contribution is 7.99. The zero-order valence-electron chi connectivity index (χ0n) is 8.77. The topological polar surface area (TPSA) is 72.2 Å². The zero-order chi connectivity index (χ0) is 12.9. The van der Waals surface area contributed by atoms with E-state index in [1.165, 1.54) is 6.07 Å². The molecule has 0 radical (unpaired) electrons. The van der Waals surface area contributed by atoms with Crippen LogP contribution in [0.3, 0.4) is 0 Å². The van der Waals surface area contributed by atoms with Crippen molar-refractivity contribution in [1.82, 2.24) is 0 Å². The van der Waals surface area contributed by atoms with Gasteiger partial charge in [0, 0.05) is 17.1 Å². The van der Waals surface area contributed by atoms with E-state index in [2.05, 4.69) is 5.32 Å². The van der Waals surface area contributed by atoms with Crippen LogP contribution < -0.4 is 10.5 Å². The lowest BCUT2D eigenvalue weighted by atomic mass is 10.3. The number of sulfonamides is 1. The maximum Gasteiger partial charge on any atom is 0.288 e. The van der Waals surface area contributed by atoms with Crippen LogP contribution in [0.4, 0.5) is 14.5 Å². The number of alkyl halides is 2. The molecule has 0 saturated heterocycles. The standard InChI is InChI=1S/C9H12F2N2O2S2/c10-9(11)16-8-4-2-1-3-7(8)13-5-6-17(12,14)15/h1-4,9,13H,5-6H2,(H2,12,14,15). The quantitative estimate of drug-likeness (QED) is 0.779. The predicted molar refractivity (Wildman–Crippen MR) is 64.8 cm³/mol. The van der Waals surface area contributed by atoms with Gasteiger partial charge in [-0.3, -0.25) is 0 Å². The highest BCUT2D eigenvalue weighted by Gasteiger charge is 2.09. The number of para-hydroxylation sites is 1. The van der Waals surface area contributed by atoms with Crippen LogP contribution in [0.15, 0.2) is 29.2 Å². The third-order valence-corrected chi connectivity index (χ3v) is 3.37. The van der Waals surface area contributed by atoms with Gasteiger partial charge < -0.3 is 5.32 Å². The lowest BCUT2D eigenvalue weighted by Crippen LogP contribution is -2.22. The summed E-state index contributed by atoms with van der Waals surface area (Å²) in [5.41, 5.74) is 0.474. The first-order valence-electron chi connectivity index (χ1n) is 4.66. The van der Waals surface area contributed by atoms with E-state index in [0.29, 0.717) is 22.3 Å². The van der Waals surface area contributed by atoms with E-state index in [1.54, 1.807) is 18.2 Å². The number of nitrogens with one attached hydrogen (secondary N) is 1. The van der Waals surface area contributed by atoms with Crippen molar-refractivity contribution in [3.05, 3.63) is 24.3 Å². The minimum absolute atomic E-state index is 0.0830. The van der Waals surface area contributed by atoms with Crippen molar-refractivity contribution in [3.63, 3.8) is 0 Å². The highest BCUT2D eigenvalue weighted by atomic mass is 32.2. The second-order valence-electron chi connectivity index (χ2n) is 3.17. The van der Waals surface area contributed by atoms with Crippen LogP contribution in [0, 0.1) is 0 Å². The highest BCUT2D eigenvalue weighted by Crippen LogP contribution is 2.31. The first kappa shape index (κ1) is 14.2. The van der Waals surface area contributed by atoms with Gasteiger partial charge in [0.1, 0.15) is 0 Å². The number of hydrogen-bond acceptors (Lipinski definition) is 4. The Kier molecular flexibility index (Phi) is 5.16. The molecule has 0 aliphatic heterocycles. The number of rotatable bonds is 6. The van der Waals surface area contributed by atoms with Gasteiger partial charge in [-0.15, -0.1) is 0 Å². The second kappa shape index (κ2) is 6.18. The molecule has 3 N–H and O–H groups in total. The predicted octanol–water partition coefficient (Wildman–Crippen LogP) is 1.70. The molecule has 8 heteroatoms. The second-order valence-corrected chi connectivity index (χ2v) is 5.93. The molecule has 96 valence electrons. The fourth-order valence-corrected chi connectivity index (χ4v) is 2.14. The molecular weight excluding hydrogens is 270 g/mol. The summed E-state index contributed by atoms with van der Waals surface area (Å²) in [4.78, 5) is 0.372. The molecule has 0 saturated carbocycles. The third kappa shape index (κ3) is 5.85. The number of thioether (sulfide) groups is 1. The molecule has 0 atom stereocenters. The molecule has 0 spiro atoms. The maximum atomic E-state index is 12.2. The molecular formula is C9H12F2N2O2S2.